The second-order valence-electron chi connectivity index (χ2n) is 7.78. The van der Waals surface area contributed by atoms with Crippen molar-refractivity contribution in [3.63, 3.8) is 0 Å². The predicted molar refractivity (Wildman–Crippen MR) is 105 cm³/mol. The first-order valence-electron chi connectivity index (χ1n) is 8.85. The SMILES string of the molecule is CC(C)(C)c1ccc(/C(=C/[C@H]2CCC(=O)N2)c2ccc(N)c(=O)[nH]2)cc1. The maximum absolute atomic E-state index is 12.0. The minimum Gasteiger partial charge on any atom is -0.394 e. The summed E-state index contributed by atoms with van der Waals surface area (Å²) in [6, 6.07) is 11.7. The summed E-state index contributed by atoms with van der Waals surface area (Å²) in [5, 5.41) is 2.95. The van der Waals surface area contributed by atoms with E-state index >= 15 is 0 Å². The summed E-state index contributed by atoms with van der Waals surface area (Å²) in [5.41, 5.74) is 9.39. The van der Waals surface area contributed by atoms with Gasteiger partial charge in [0.25, 0.3) is 5.56 Å². The number of benzene rings is 1. The Hall–Kier alpha value is -2.82. The smallest absolute Gasteiger partial charge is 0.271 e. The third kappa shape index (κ3) is 3.87. The number of carbonyl (C=O) groups is 1. The molecule has 26 heavy (non-hydrogen) atoms. The normalized spacial score (nSPS) is 18.0. The molecule has 0 aliphatic carbocycles. The van der Waals surface area contributed by atoms with Gasteiger partial charge in [0.2, 0.25) is 5.91 Å². The van der Waals surface area contributed by atoms with Crippen LogP contribution in [0, 0.1) is 0 Å². The fourth-order valence-electron chi connectivity index (χ4n) is 3.10. The molecule has 5 heteroatoms. The van der Waals surface area contributed by atoms with Crippen molar-refractivity contribution in [3.05, 3.63) is 69.6 Å². The number of hydrogen-bond donors (Lipinski definition) is 3. The van der Waals surface area contributed by atoms with Crippen LogP contribution in [0.4, 0.5) is 5.69 Å². The van der Waals surface area contributed by atoms with Crippen LogP contribution in [0.2, 0.25) is 0 Å². The molecule has 4 N–H and O–H groups in total. The number of aromatic nitrogens is 1. The van der Waals surface area contributed by atoms with Gasteiger partial charge in [-0.2, -0.15) is 0 Å². The first kappa shape index (κ1) is 18.0. The molecule has 1 saturated heterocycles. The number of hydrogen-bond acceptors (Lipinski definition) is 3. The van der Waals surface area contributed by atoms with E-state index in [0.717, 1.165) is 17.6 Å². The fourth-order valence-corrected chi connectivity index (χ4v) is 3.10. The van der Waals surface area contributed by atoms with Gasteiger partial charge in [0.05, 0.1) is 5.69 Å². The van der Waals surface area contributed by atoms with Gasteiger partial charge in [-0.05, 0) is 35.1 Å². The summed E-state index contributed by atoms with van der Waals surface area (Å²) in [6.07, 6.45) is 3.29. The van der Waals surface area contributed by atoms with E-state index in [1.165, 1.54) is 5.56 Å². The van der Waals surface area contributed by atoms with Crippen molar-refractivity contribution in [2.24, 2.45) is 0 Å². The minimum atomic E-state index is -0.310. The maximum Gasteiger partial charge on any atom is 0.271 e. The largest absolute Gasteiger partial charge is 0.394 e. The summed E-state index contributed by atoms with van der Waals surface area (Å²) in [5.74, 6) is 0.0551. The Labute approximate surface area is 153 Å². The lowest BCUT2D eigenvalue weighted by Gasteiger charge is -2.20. The molecule has 5 nitrogen and oxygen atoms in total. The van der Waals surface area contributed by atoms with Gasteiger partial charge in [0, 0.05) is 23.7 Å². The number of nitrogens with two attached hydrogens (primary N) is 1. The lowest BCUT2D eigenvalue weighted by atomic mass is 9.86. The lowest BCUT2D eigenvalue weighted by Crippen LogP contribution is -2.23. The van der Waals surface area contributed by atoms with Gasteiger partial charge in [0.15, 0.2) is 0 Å². The van der Waals surface area contributed by atoms with Crippen molar-refractivity contribution < 1.29 is 4.79 Å². The van der Waals surface area contributed by atoms with Crippen LogP contribution in [-0.4, -0.2) is 16.9 Å². The molecule has 0 bridgehead atoms. The first-order chi connectivity index (χ1) is 12.2. The van der Waals surface area contributed by atoms with Gasteiger partial charge >= 0.3 is 0 Å². The molecule has 1 aromatic heterocycles. The van der Waals surface area contributed by atoms with Crippen LogP contribution in [-0.2, 0) is 10.2 Å². The van der Waals surface area contributed by atoms with Gasteiger partial charge in [-0.3, -0.25) is 9.59 Å². The zero-order valence-electron chi connectivity index (χ0n) is 15.4. The average molecular weight is 351 g/mol. The summed E-state index contributed by atoms with van der Waals surface area (Å²) in [4.78, 5) is 26.4. The Kier molecular flexibility index (Phi) is 4.72. The van der Waals surface area contributed by atoms with Crippen molar-refractivity contribution in [2.75, 3.05) is 5.73 Å². The number of amides is 1. The lowest BCUT2D eigenvalue weighted by molar-refractivity contribution is -0.119. The van der Waals surface area contributed by atoms with Gasteiger partial charge in [-0.25, -0.2) is 0 Å². The van der Waals surface area contributed by atoms with E-state index in [2.05, 4.69) is 55.3 Å². The second kappa shape index (κ2) is 6.83. The van der Waals surface area contributed by atoms with Crippen LogP contribution in [0.15, 0.2) is 47.3 Å². The molecule has 136 valence electrons. The highest BCUT2D eigenvalue weighted by atomic mass is 16.2. The Morgan fingerprint density at radius 2 is 1.81 bits per heavy atom. The molecule has 1 fully saturated rings. The third-order valence-corrected chi connectivity index (χ3v) is 4.69. The number of rotatable bonds is 3. The fraction of sp³-hybridized carbons (Fsp3) is 0.333. The standard InChI is InChI=1S/C21H25N3O2/c1-21(2,3)14-6-4-13(5-7-14)16(12-15-8-11-19(25)23-15)18-10-9-17(22)20(26)24-18/h4-7,9-10,12,15H,8,11,22H2,1-3H3,(H,23,25)(H,24,26)/b16-12-/t15-/m1/s1. The number of carbonyl (C=O) groups excluding carboxylic acids is 1. The molecule has 1 aliphatic rings. The van der Waals surface area contributed by atoms with Crippen LogP contribution in [0.3, 0.4) is 0 Å². The maximum atomic E-state index is 12.0. The van der Waals surface area contributed by atoms with E-state index in [1.54, 1.807) is 12.1 Å². The molecule has 3 rings (SSSR count). The Balaban J connectivity index is 2.05. The molecule has 1 amide bonds. The molecule has 0 saturated carbocycles. The van der Waals surface area contributed by atoms with Gasteiger partial charge in [-0.1, -0.05) is 51.1 Å². The number of anilines is 1. The molecule has 0 spiro atoms. The predicted octanol–water partition coefficient (Wildman–Crippen LogP) is 2.96. The van der Waals surface area contributed by atoms with E-state index in [1.807, 2.05) is 6.08 Å². The number of H-pyrrole nitrogens is 1. The van der Waals surface area contributed by atoms with Crippen molar-refractivity contribution in [2.45, 2.75) is 45.1 Å². The summed E-state index contributed by atoms with van der Waals surface area (Å²) < 4.78 is 0. The molecule has 0 unspecified atom stereocenters. The third-order valence-electron chi connectivity index (χ3n) is 4.69. The number of nitrogens with one attached hydrogen (secondary N) is 2. The second-order valence-corrected chi connectivity index (χ2v) is 7.78. The topological polar surface area (TPSA) is 88.0 Å². The molecule has 1 aromatic carbocycles. The highest BCUT2D eigenvalue weighted by molar-refractivity contribution is 5.82. The highest BCUT2D eigenvalue weighted by Crippen LogP contribution is 2.28. The number of aromatic amines is 1. The zero-order chi connectivity index (χ0) is 18.9. The van der Waals surface area contributed by atoms with Crippen LogP contribution in [0.1, 0.15) is 50.4 Å². The van der Waals surface area contributed by atoms with Crippen LogP contribution >= 0.6 is 0 Å². The van der Waals surface area contributed by atoms with E-state index in [0.29, 0.717) is 12.1 Å². The molecular formula is C21H25N3O2. The molecular weight excluding hydrogens is 326 g/mol. The van der Waals surface area contributed by atoms with Crippen LogP contribution < -0.4 is 16.6 Å². The Morgan fingerprint density at radius 3 is 2.35 bits per heavy atom. The summed E-state index contributed by atoms with van der Waals surface area (Å²) >= 11 is 0. The molecule has 1 atom stereocenters. The van der Waals surface area contributed by atoms with E-state index in [-0.39, 0.29) is 28.6 Å². The van der Waals surface area contributed by atoms with Gasteiger partial charge in [-0.15, -0.1) is 0 Å². The monoisotopic (exact) mass is 351 g/mol. The zero-order valence-corrected chi connectivity index (χ0v) is 15.4. The quantitative estimate of drug-likeness (QED) is 0.794. The van der Waals surface area contributed by atoms with Crippen molar-refractivity contribution in [3.8, 4) is 0 Å². The minimum absolute atomic E-state index is 0.0409. The number of nitrogen functional groups attached to an aromatic ring is 1. The summed E-state index contributed by atoms with van der Waals surface area (Å²) in [6.45, 7) is 6.51. The summed E-state index contributed by atoms with van der Waals surface area (Å²) in [7, 11) is 0. The van der Waals surface area contributed by atoms with Crippen LogP contribution in [0.5, 0.6) is 0 Å². The van der Waals surface area contributed by atoms with E-state index in [9.17, 15) is 9.59 Å². The van der Waals surface area contributed by atoms with Crippen molar-refractivity contribution in [1.29, 1.82) is 0 Å². The van der Waals surface area contributed by atoms with E-state index < -0.39 is 0 Å². The van der Waals surface area contributed by atoms with Gasteiger partial charge in [0.1, 0.15) is 0 Å². The van der Waals surface area contributed by atoms with Crippen LogP contribution in [0.25, 0.3) is 5.57 Å². The molecule has 0 radical (unpaired) electrons. The molecule has 1 aliphatic heterocycles. The Bertz CT molecular complexity index is 902. The van der Waals surface area contributed by atoms with E-state index in [4.69, 9.17) is 5.73 Å². The average Bonchev–Trinajstić information content (AvgIpc) is 3.00. The highest BCUT2D eigenvalue weighted by Gasteiger charge is 2.21. The molecule has 2 heterocycles. The first-order valence-corrected chi connectivity index (χ1v) is 8.85. The van der Waals surface area contributed by atoms with Gasteiger partial charge < -0.3 is 16.0 Å². The van der Waals surface area contributed by atoms with Crippen molar-refractivity contribution in [1.82, 2.24) is 10.3 Å². The molecule has 2 aromatic rings. The Morgan fingerprint density at radius 1 is 1.12 bits per heavy atom. The van der Waals surface area contributed by atoms with Crippen molar-refractivity contribution >= 4 is 17.2 Å². The number of pyridine rings is 1.